The molecule has 3 heterocycles. The first kappa shape index (κ1) is 18.5. The van der Waals surface area contributed by atoms with Crippen molar-refractivity contribution in [2.45, 2.75) is 6.10 Å². The summed E-state index contributed by atoms with van der Waals surface area (Å²) in [5.41, 5.74) is 2.46. The molecular formula is C19H20Cl2N4O2. The zero-order valence-corrected chi connectivity index (χ0v) is 16.1. The molecule has 1 aromatic carbocycles. The lowest BCUT2D eigenvalue weighted by molar-refractivity contribution is 0.103. The van der Waals surface area contributed by atoms with Crippen molar-refractivity contribution in [3.8, 4) is 16.9 Å². The number of aliphatic hydroxyl groups excluding tert-OH is 1. The van der Waals surface area contributed by atoms with E-state index in [4.69, 9.17) is 23.2 Å². The number of fused-ring (bicyclic) bond motifs is 1. The molecule has 27 heavy (non-hydrogen) atoms. The van der Waals surface area contributed by atoms with Crippen LogP contribution in [0, 0.1) is 0 Å². The van der Waals surface area contributed by atoms with Gasteiger partial charge in [-0.05, 0) is 29.8 Å². The van der Waals surface area contributed by atoms with Crippen LogP contribution in [-0.2, 0) is 0 Å². The summed E-state index contributed by atoms with van der Waals surface area (Å²) in [6.45, 7) is 4.26. The van der Waals surface area contributed by atoms with Gasteiger partial charge in [0.15, 0.2) is 0 Å². The number of pyridine rings is 1. The molecular weight excluding hydrogens is 387 g/mol. The summed E-state index contributed by atoms with van der Waals surface area (Å²) in [7, 11) is 0. The second-order valence-electron chi connectivity index (χ2n) is 6.67. The molecule has 0 spiro atoms. The van der Waals surface area contributed by atoms with Gasteiger partial charge in [-0.2, -0.15) is 0 Å². The number of aromatic hydroxyl groups is 1. The third kappa shape index (κ3) is 3.77. The van der Waals surface area contributed by atoms with Crippen molar-refractivity contribution in [3.05, 3.63) is 52.4 Å². The Balaban J connectivity index is 1.63. The number of rotatable bonds is 4. The first-order valence-corrected chi connectivity index (χ1v) is 9.55. The molecule has 0 radical (unpaired) electrons. The van der Waals surface area contributed by atoms with Crippen LogP contribution >= 0.6 is 23.2 Å². The van der Waals surface area contributed by atoms with E-state index in [1.165, 1.54) is 6.07 Å². The van der Waals surface area contributed by atoms with Crippen LogP contribution in [0.5, 0.6) is 5.75 Å². The van der Waals surface area contributed by atoms with Gasteiger partial charge in [0.1, 0.15) is 17.5 Å². The highest BCUT2D eigenvalue weighted by molar-refractivity contribution is 6.44. The van der Waals surface area contributed by atoms with E-state index in [1.807, 2.05) is 28.9 Å². The fourth-order valence-corrected chi connectivity index (χ4v) is 3.79. The number of phenolic OH excluding ortho intramolecular Hbond substituents is 1. The van der Waals surface area contributed by atoms with Crippen LogP contribution in [0.1, 0.15) is 11.8 Å². The molecule has 1 aliphatic heterocycles. The van der Waals surface area contributed by atoms with Gasteiger partial charge in [0.2, 0.25) is 0 Å². The molecule has 1 aliphatic rings. The molecule has 1 unspecified atom stereocenters. The number of nitrogens with zero attached hydrogens (tertiary/aromatic N) is 3. The van der Waals surface area contributed by atoms with Gasteiger partial charge in [-0.15, -0.1) is 0 Å². The fraction of sp³-hybridized carbons (Fsp3) is 0.316. The zero-order chi connectivity index (χ0) is 19.0. The molecule has 3 aromatic rings. The minimum atomic E-state index is -0.658. The lowest BCUT2D eigenvalue weighted by atomic mass is 10.1. The molecule has 4 rings (SSSR count). The molecule has 0 saturated carbocycles. The fourth-order valence-electron chi connectivity index (χ4n) is 3.36. The molecule has 142 valence electrons. The van der Waals surface area contributed by atoms with Gasteiger partial charge in [-0.3, -0.25) is 4.90 Å². The average molecular weight is 407 g/mol. The van der Waals surface area contributed by atoms with Gasteiger partial charge in [0, 0.05) is 50.7 Å². The molecule has 8 heteroatoms. The first-order chi connectivity index (χ1) is 13.0. The lowest BCUT2D eigenvalue weighted by Crippen LogP contribution is -2.45. The number of benzene rings is 1. The third-order valence-electron chi connectivity index (χ3n) is 4.82. The normalized spacial score (nSPS) is 16.7. The smallest absolute Gasteiger partial charge is 0.137 e. The van der Waals surface area contributed by atoms with Crippen molar-refractivity contribution in [1.82, 2.24) is 19.6 Å². The maximum atomic E-state index is 10.6. The SMILES string of the molecule is Oc1ccc(Cl)c(Cl)c1-c1ccn2cc(C(O)CN3CCNCC3)nc2c1. The Morgan fingerprint density at radius 2 is 1.96 bits per heavy atom. The van der Waals surface area contributed by atoms with Crippen LogP contribution in [0.25, 0.3) is 16.8 Å². The topological polar surface area (TPSA) is 73.0 Å². The number of nitrogens with one attached hydrogen (secondary N) is 1. The van der Waals surface area contributed by atoms with Crippen molar-refractivity contribution in [3.63, 3.8) is 0 Å². The van der Waals surface area contributed by atoms with Crippen molar-refractivity contribution >= 4 is 28.8 Å². The number of hydrogen-bond donors (Lipinski definition) is 3. The Hall–Kier alpha value is -1.83. The standard InChI is InChI=1S/C19H20Cl2N4O2/c20-13-1-2-15(26)18(19(13)21)12-3-6-25-10-14(23-17(25)9-12)16(27)11-24-7-4-22-5-8-24/h1-3,6,9-10,16,22,26-27H,4-5,7-8,11H2. The number of piperazine rings is 1. The van der Waals surface area contributed by atoms with Gasteiger partial charge in [0.25, 0.3) is 0 Å². The van der Waals surface area contributed by atoms with Crippen LogP contribution < -0.4 is 5.32 Å². The average Bonchev–Trinajstić information content (AvgIpc) is 3.10. The van der Waals surface area contributed by atoms with Gasteiger partial charge in [-0.25, -0.2) is 4.98 Å². The quantitative estimate of drug-likeness (QED) is 0.620. The van der Waals surface area contributed by atoms with E-state index in [0.29, 0.717) is 39.1 Å². The Morgan fingerprint density at radius 3 is 2.74 bits per heavy atom. The molecule has 6 nitrogen and oxygen atoms in total. The largest absolute Gasteiger partial charge is 0.507 e. The summed E-state index contributed by atoms with van der Waals surface area (Å²) >= 11 is 12.4. The predicted molar refractivity (Wildman–Crippen MR) is 107 cm³/mol. The van der Waals surface area contributed by atoms with Gasteiger partial charge >= 0.3 is 0 Å². The number of aromatic nitrogens is 2. The second kappa shape index (κ2) is 7.66. The van der Waals surface area contributed by atoms with E-state index in [1.54, 1.807) is 6.07 Å². The van der Waals surface area contributed by atoms with Crippen molar-refractivity contribution in [1.29, 1.82) is 0 Å². The maximum Gasteiger partial charge on any atom is 0.137 e. The number of halogens is 2. The number of phenols is 1. The molecule has 2 aromatic heterocycles. The Bertz CT molecular complexity index is 970. The number of imidazole rings is 1. The summed E-state index contributed by atoms with van der Waals surface area (Å²) in [5, 5.41) is 24.7. The molecule has 0 bridgehead atoms. The van der Waals surface area contributed by atoms with E-state index in [-0.39, 0.29) is 5.75 Å². The van der Waals surface area contributed by atoms with Gasteiger partial charge < -0.3 is 19.9 Å². The molecule has 0 amide bonds. The summed E-state index contributed by atoms with van der Waals surface area (Å²) in [6, 6.07) is 6.72. The minimum absolute atomic E-state index is 0.0549. The molecule has 0 aliphatic carbocycles. The minimum Gasteiger partial charge on any atom is -0.507 e. The predicted octanol–water partition coefficient (Wildman–Crippen LogP) is 2.95. The number of aliphatic hydroxyl groups is 1. The summed E-state index contributed by atoms with van der Waals surface area (Å²) < 4.78 is 1.84. The van der Waals surface area contributed by atoms with E-state index in [2.05, 4.69) is 15.2 Å². The maximum absolute atomic E-state index is 10.6. The lowest BCUT2D eigenvalue weighted by Gasteiger charge is -2.28. The van der Waals surface area contributed by atoms with E-state index in [0.717, 1.165) is 26.2 Å². The van der Waals surface area contributed by atoms with E-state index < -0.39 is 6.10 Å². The number of β-amino-alcohol motifs (C(OH)–C–C–N with tert-alkyl or cyclic N) is 1. The van der Waals surface area contributed by atoms with Crippen molar-refractivity contribution in [2.24, 2.45) is 0 Å². The van der Waals surface area contributed by atoms with Crippen LogP contribution in [0.15, 0.2) is 36.7 Å². The van der Waals surface area contributed by atoms with Gasteiger partial charge in [-0.1, -0.05) is 23.2 Å². The van der Waals surface area contributed by atoms with Crippen LogP contribution in [-0.4, -0.2) is 57.2 Å². The Morgan fingerprint density at radius 1 is 1.19 bits per heavy atom. The number of hydrogen-bond acceptors (Lipinski definition) is 5. The van der Waals surface area contributed by atoms with Crippen LogP contribution in [0.3, 0.4) is 0 Å². The second-order valence-corrected chi connectivity index (χ2v) is 7.45. The highest BCUT2D eigenvalue weighted by atomic mass is 35.5. The summed E-state index contributed by atoms with van der Waals surface area (Å²) in [5.74, 6) is 0.0549. The highest BCUT2D eigenvalue weighted by Gasteiger charge is 2.19. The Labute approximate surface area is 167 Å². The first-order valence-electron chi connectivity index (χ1n) is 8.80. The van der Waals surface area contributed by atoms with Crippen LogP contribution in [0.4, 0.5) is 0 Å². The van der Waals surface area contributed by atoms with E-state index in [9.17, 15) is 10.2 Å². The monoisotopic (exact) mass is 406 g/mol. The Kier molecular flexibility index (Phi) is 5.25. The summed E-state index contributed by atoms with van der Waals surface area (Å²) in [6.07, 6.45) is 3.00. The third-order valence-corrected chi connectivity index (χ3v) is 5.63. The van der Waals surface area contributed by atoms with Crippen molar-refractivity contribution < 1.29 is 10.2 Å². The zero-order valence-electron chi connectivity index (χ0n) is 14.6. The van der Waals surface area contributed by atoms with E-state index >= 15 is 0 Å². The summed E-state index contributed by atoms with van der Waals surface area (Å²) in [4.78, 5) is 6.78. The highest BCUT2D eigenvalue weighted by Crippen LogP contribution is 2.40. The molecule has 1 saturated heterocycles. The van der Waals surface area contributed by atoms with Crippen LogP contribution in [0.2, 0.25) is 10.0 Å². The molecule has 1 atom stereocenters. The molecule has 3 N–H and O–H groups in total. The molecule has 1 fully saturated rings. The van der Waals surface area contributed by atoms with Crippen molar-refractivity contribution in [2.75, 3.05) is 32.7 Å². The van der Waals surface area contributed by atoms with Gasteiger partial charge in [0.05, 0.1) is 15.7 Å².